The van der Waals surface area contributed by atoms with E-state index in [4.69, 9.17) is 9.15 Å². The molecule has 0 aliphatic carbocycles. The van der Waals surface area contributed by atoms with Crippen LogP contribution in [0.25, 0.3) is 0 Å². The molecule has 0 radical (unpaired) electrons. The lowest BCUT2D eigenvalue weighted by Crippen LogP contribution is -2.47. The van der Waals surface area contributed by atoms with Gasteiger partial charge in [-0.3, -0.25) is 14.5 Å². The van der Waals surface area contributed by atoms with Gasteiger partial charge in [0.2, 0.25) is 5.91 Å². The van der Waals surface area contributed by atoms with Gasteiger partial charge in [0.05, 0.1) is 26.0 Å². The average Bonchev–Trinajstić information content (AvgIpc) is 3.40. The third kappa shape index (κ3) is 7.52. The fourth-order valence-electron chi connectivity index (χ4n) is 4.00. The first-order valence-corrected chi connectivity index (χ1v) is 12.6. The van der Waals surface area contributed by atoms with Gasteiger partial charge in [0.1, 0.15) is 12.3 Å². The summed E-state index contributed by atoms with van der Waals surface area (Å²) in [5, 5.41) is 0. The minimum absolute atomic E-state index is 0.00716. The number of amides is 2. The van der Waals surface area contributed by atoms with E-state index in [2.05, 4.69) is 20.8 Å². The third-order valence-corrected chi connectivity index (χ3v) is 6.52. The van der Waals surface area contributed by atoms with Gasteiger partial charge in [-0.2, -0.15) is 0 Å². The Morgan fingerprint density at radius 3 is 2.31 bits per heavy atom. The Kier molecular flexibility index (Phi) is 9.11. The number of nitrogens with zero attached hydrogens (tertiary/aromatic N) is 3. The molecule has 4 rings (SSSR count). The number of morpholine rings is 1. The fraction of sp³-hybridized carbons (Fsp3) is 0.333. The van der Waals surface area contributed by atoms with Crippen molar-refractivity contribution in [3.63, 3.8) is 0 Å². The number of hydrogen-bond acceptors (Lipinski definition) is 5. The largest absolute Gasteiger partial charge is 0.467 e. The van der Waals surface area contributed by atoms with Gasteiger partial charge in [0.15, 0.2) is 0 Å². The molecule has 1 aliphatic heterocycles. The Labute approximate surface area is 214 Å². The summed E-state index contributed by atoms with van der Waals surface area (Å²) in [5.74, 6) is 0.419. The molecule has 2 heterocycles. The number of ether oxygens (including phenoxy) is 1. The highest BCUT2D eigenvalue weighted by Gasteiger charge is 2.24. The van der Waals surface area contributed by atoms with Crippen molar-refractivity contribution in [3.05, 3.63) is 94.4 Å². The second-order valence-corrected chi connectivity index (χ2v) is 9.42. The van der Waals surface area contributed by atoms with Crippen LogP contribution in [0.5, 0.6) is 0 Å². The third-order valence-electron chi connectivity index (χ3n) is 5.99. The van der Waals surface area contributed by atoms with E-state index < -0.39 is 0 Å². The highest BCUT2D eigenvalue weighted by molar-refractivity contribution is 9.10. The predicted molar refractivity (Wildman–Crippen MR) is 137 cm³/mol. The second kappa shape index (κ2) is 12.7. The zero-order valence-electron chi connectivity index (χ0n) is 19.6. The summed E-state index contributed by atoms with van der Waals surface area (Å²) in [6.07, 6.45) is 1.60. The molecule has 0 spiro atoms. The van der Waals surface area contributed by atoms with Crippen LogP contribution in [-0.4, -0.2) is 72.5 Å². The lowest BCUT2D eigenvalue weighted by Gasteiger charge is -2.31. The molecule has 1 saturated heterocycles. The van der Waals surface area contributed by atoms with Gasteiger partial charge in [0, 0.05) is 42.8 Å². The fourth-order valence-corrected chi connectivity index (χ4v) is 4.27. The van der Waals surface area contributed by atoms with Crippen molar-refractivity contribution in [1.29, 1.82) is 0 Å². The van der Waals surface area contributed by atoms with Gasteiger partial charge in [-0.1, -0.05) is 46.3 Å². The number of furan rings is 1. The minimum atomic E-state index is -0.156. The van der Waals surface area contributed by atoms with Crippen LogP contribution in [0.1, 0.15) is 21.7 Å². The van der Waals surface area contributed by atoms with Crippen LogP contribution in [0.4, 0.5) is 0 Å². The number of benzene rings is 2. The van der Waals surface area contributed by atoms with Crippen LogP contribution in [0, 0.1) is 0 Å². The van der Waals surface area contributed by atoms with Crippen molar-refractivity contribution >= 4 is 27.7 Å². The lowest BCUT2D eigenvalue weighted by atomic mass is 10.2. The summed E-state index contributed by atoms with van der Waals surface area (Å²) in [4.78, 5) is 32.7. The molecule has 0 atom stereocenters. The van der Waals surface area contributed by atoms with E-state index >= 15 is 0 Å². The maximum Gasteiger partial charge on any atom is 0.254 e. The molecule has 0 N–H and O–H groups in total. The summed E-state index contributed by atoms with van der Waals surface area (Å²) in [5.41, 5.74) is 1.58. The van der Waals surface area contributed by atoms with E-state index in [1.165, 1.54) is 0 Å². The van der Waals surface area contributed by atoms with E-state index in [9.17, 15) is 9.59 Å². The quantitative estimate of drug-likeness (QED) is 0.389. The van der Waals surface area contributed by atoms with Gasteiger partial charge in [-0.05, 0) is 42.0 Å². The summed E-state index contributed by atoms with van der Waals surface area (Å²) >= 11 is 3.42. The summed E-state index contributed by atoms with van der Waals surface area (Å²) in [6, 6.07) is 20.8. The molecule has 3 aromatic rings. The Morgan fingerprint density at radius 1 is 0.886 bits per heavy atom. The van der Waals surface area contributed by atoms with E-state index in [-0.39, 0.29) is 18.4 Å². The molecule has 1 aromatic heterocycles. The molecule has 184 valence electrons. The van der Waals surface area contributed by atoms with Gasteiger partial charge < -0.3 is 19.0 Å². The van der Waals surface area contributed by atoms with Crippen LogP contribution in [-0.2, 0) is 22.6 Å². The number of carbonyl (C=O) groups excluding carboxylic acids is 2. The van der Waals surface area contributed by atoms with Crippen molar-refractivity contribution in [3.8, 4) is 0 Å². The van der Waals surface area contributed by atoms with Crippen LogP contribution >= 0.6 is 15.9 Å². The van der Waals surface area contributed by atoms with Crippen molar-refractivity contribution < 1.29 is 18.7 Å². The molecule has 8 heteroatoms. The average molecular weight is 540 g/mol. The van der Waals surface area contributed by atoms with Crippen LogP contribution in [0.2, 0.25) is 0 Å². The number of halogens is 1. The normalized spacial score (nSPS) is 14.0. The van der Waals surface area contributed by atoms with Gasteiger partial charge in [-0.25, -0.2) is 0 Å². The van der Waals surface area contributed by atoms with Crippen molar-refractivity contribution in [1.82, 2.24) is 14.7 Å². The molecule has 2 aromatic carbocycles. The van der Waals surface area contributed by atoms with Crippen molar-refractivity contribution in [2.75, 3.05) is 45.9 Å². The van der Waals surface area contributed by atoms with Gasteiger partial charge in [-0.15, -0.1) is 0 Å². The Morgan fingerprint density at radius 2 is 1.63 bits per heavy atom. The molecule has 1 fully saturated rings. The minimum Gasteiger partial charge on any atom is -0.467 e. The SMILES string of the molecule is O=C(CN(CCN1CCOCC1)C(=O)c1ccc(Br)cc1)N(Cc1ccccc1)Cc1ccco1. The van der Waals surface area contributed by atoms with Gasteiger partial charge in [0.25, 0.3) is 5.91 Å². The zero-order valence-corrected chi connectivity index (χ0v) is 21.2. The van der Waals surface area contributed by atoms with E-state index in [0.29, 0.717) is 50.7 Å². The molecule has 0 saturated carbocycles. The highest BCUT2D eigenvalue weighted by Crippen LogP contribution is 2.15. The Bertz CT molecular complexity index is 1070. The molecule has 0 unspecified atom stereocenters. The number of rotatable bonds is 10. The first-order chi connectivity index (χ1) is 17.1. The topological polar surface area (TPSA) is 66.2 Å². The first-order valence-electron chi connectivity index (χ1n) is 11.8. The Balaban J connectivity index is 1.51. The standard InChI is InChI=1S/C27H30BrN3O4/c28-24-10-8-23(9-11-24)27(33)30(13-12-29-14-17-34-18-15-29)21-26(32)31(20-25-7-4-16-35-25)19-22-5-2-1-3-6-22/h1-11,16H,12-15,17-21H2. The van der Waals surface area contributed by atoms with Crippen LogP contribution in [0.3, 0.4) is 0 Å². The monoisotopic (exact) mass is 539 g/mol. The summed E-state index contributed by atoms with van der Waals surface area (Å²) in [7, 11) is 0. The molecule has 2 amide bonds. The zero-order chi connectivity index (χ0) is 24.5. The molecule has 1 aliphatic rings. The van der Waals surface area contributed by atoms with Gasteiger partial charge >= 0.3 is 0 Å². The molecule has 35 heavy (non-hydrogen) atoms. The molecule has 7 nitrogen and oxygen atoms in total. The van der Waals surface area contributed by atoms with Crippen LogP contribution < -0.4 is 0 Å². The van der Waals surface area contributed by atoms with Crippen molar-refractivity contribution in [2.24, 2.45) is 0 Å². The first kappa shape index (κ1) is 25.2. The maximum absolute atomic E-state index is 13.6. The molecular formula is C27H30BrN3O4. The predicted octanol–water partition coefficient (Wildman–Crippen LogP) is 4.05. The summed E-state index contributed by atoms with van der Waals surface area (Å²) < 4.78 is 11.9. The number of hydrogen-bond donors (Lipinski definition) is 0. The van der Waals surface area contributed by atoms with Crippen molar-refractivity contribution in [2.45, 2.75) is 13.1 Å². The highest BCUT2D eigenvalue weighted by atomic mass is 79.9. The maximum atomic E-state index is 13.6. The molecular weight excluding hydrogens is 510 g/mol. The van der Waals surface area contributed by atoms with E-state index in [1.54, 1.807) is 28.2 Å². The second-order valence-electron chi connectivity index (χ2n) is 8.50. The van der Waals surface area contributed by atoms with E-state index in [0.717, 1.165) is 23.1 Å². The Hall–Kier alpha value is -2.94. The molecule has 0 bridgehead atoms. The van der Waals surface area contributed by atoms with E-state index in [1.807, 2.05) is 54.6 Å². The van der Waals surface area contributed by atoms with Crippen LogP contribution in [0.15, 0.2) is 81.9 Å². The summed E-state index contributed by atoms with van der Waals surface area (Å²) in [6.45, 7) is 4.94. The smallest absolute Gasteiger partial charge is 0.254 e. The lowest BCUT2D eigenvalue weighted by molar-refractivity contribution is -0.133. The number of carbonyl (C=O) groups is 2.